The van der Waals surface area contributed by atoms with E-state index in [1.54, 1.807) is 0 Å². The summed E-state index contributed by atoms with van der Waals surface area (Å²) >= 11 is 5.86. The van der Waals surface area contributed by atoms with Gasteiger partial charge in [0.25, 0.3) is 0 Å². The number of hydrogen-bond acceptors (Lipinski definition) is 12. The van der Waals surface area contributed by atoms with Gasteiger partial charge in [-0.1, -0.05) is 30.7 Å². The van der Waals surface area contributed by atoms with Gasteiger partial charge in [0.15, 0.2) is 17.7 Å². The lowest BCUT2D eigenvalue weighted by atomic mass is 10.0. The Morgan fingerprint density at radius 3 is 2.32 bits per heavy atom. The van der Waals surface area contributed by atoms with Crippen molar-refractivity contribution in [3.05, 3.63) is 47.6 Å². The second-order valence-corrected chi connectivity index (χ2v) is 8.40. The van der Waals surface area contributed by atoms with Crippen molar-refractivity contribution in [1.29, 1.82) is 0 Å². The summed E-state index contributed by atoms with van der Waals surface area (Å²) in [5.74, 6) is 0.823. The lowest BCUT2D eigenvalue weighted by molar-refractivity contribution is -0.0511. The van der Waals surface area contributed by atoms with Crippen LogP contribution in [0, 0.1) is 0 Å². The van der Waals surface area contributed by atoms with Crippen LogP contribution in [0.3, 0.4) is 0 Å². The van der Waals surface area contributed by atoms with Crippen LogP contribution in [-0.4, -0.2) is 75.2 Å². The number of nitrogen functional groups attached to an aromatic ring is 3. The van der Waals surface area contributed by atoms with Gasteiger partial charge in [0.05, 0.1) is 18.6 Å². The number of ether oxygens (including phenoxy) is 1. The third kappa shape index (κ3) is 5.53. The van der Waals surface area contributed by atoms with Crippen LogP contribution in [-0.2, 0) is 11.2 Å². The molecule has 1 fully saturated rings. The van der Waals surface area contributed by atoms with E-state index in [9.17, 15) is 10.2 Å². The number of aryl methyl sites for hydroxylation is 1. The zero-order valence-corrected chi connectivity index (χ0v) is 20.5. The van der Waals surface area contributed by atoms with E-state index in [0.29, 0.717) is 22.0 Å². The molecule has 1 aromatic carbocycles. The van der Waals surface area contributed by atoms with Crippen molar-refractivity contribution in [3.63, 3.8) is 0 Å². The summed E-state index contributed by atoms with van der Waals surface area (Å²) in [7, 11) is 0. The number of benzene rings is 1. The second-order valence-electron chi connectivity index (χ2n) is 7.96. The molecule has 0 unspecified atom stereocenters. The molecule has 1 saturated heterocycles. The Morgan fingerprint density at radius 2 is 1.70 bits per heavy atom. The predicted molar refractivity (Wildman–Crippen MR) is 137 cm³/mol. The molecule has 0 bridgehead atoms. The minimum Gasteiger partial charge on any atom is -0.412 e. The molecule has 15 heteroatoms. The molecule has 37 heavy (non-hydrogen) atoms. The van der Waals surface area contributed by atoms with Crippen LogP contribution < -0.4 is 17.2 Å². The summed E-state index contributed by atoms with van der Waals surface area (Å²) in [6, 6.07) is 7.41. The molecule has 0 spiro atoms. The Morgan fingerprint density at radius 1 is 1.00 bits per heavy atom. The largest absolute Gasteiger partial charge is 0.412 e. The number of nitrogens with zero attached hydrogens (tertiary/aromatic N) is 6. The Balaban J connectivity index is 0.000000201. The van der Waals surface area contributed by atoms with Crippen LogP contribution in [0.15, 0.2) is 36.9 Å². The number of aliphatic hydroxyl groups excluding tert-OH is 3. The number of aliphatic hydroxyl groups is 3. The first-order valence-corrected chi connectivity index (χ1v) is 11.4. The number of rotatable bonds is 4. The van der Waals surface area contributed by atoms with Gasteiger partial charge in [-0.2, -0.15) is 4.98 Å². The van der Waals surface area contributed by atoms with Gasteiger partial charge in [0.1, 0.15) is 36.0 Å². The summed E-state index contributed by atoms with van der Waals surface area (Å²) in [6.45, 7) is 1.61. The highest BCUT2D eigenvalue weighted by molar-refractivity contribution is 6.30. The Bertz CT molecular complexity index is 1350. The fourth-order valence-corrected chi connectivity index (χ4v) is 4.03. The first-order valence-electron chi connectivity index (χ1n) is 11.0. The molecular weight excluding hydrogens is 506 g/mol. The molecule has 4 atom stereocenters. The lowest BCUT2D eigenvalue weighted by Crippen LogP contribution is -2.33. The van der Waals surface area contributed by atoms with Crippen molar-refractivity contribution in [3.8, 4) is 11.1 Å². The minimum absolute atomic E-state index is 0. The smallest absolute Gasteiger partial charge is 0.222 e. The molecule has 4 heterocycles. The highest BCUT2D eigenvalue weighted by Gasteiger charge is 2.43. The summed E-state index contributed by atoms with van der Waals surface area (Å²) in [5, 5.41) is 29.4. The van der Waals surface area contributed by atoms with Crippen LogP contribution in [0.25, 0.3) is 22.3 Å². The van der Waals surface area contributed by atoms with Crippen LogP contribution in [0.4, 0.5) is 17.6 Å². The van der Waals surface area contributed by atoms with E-state index >= 15 is 0 Å². The number of anilines is 3. The van der Waals surface area contributed by atoms with Crippen LogP contribution in [0.1, 0.15) is 18.8 Å². The molecule has 14 nitrogen and oxygen atoms in total. The van der Waals surface area contributed by atoms with Crippen LogP contribution in [0.2, 0.25) is 5.02 Å². The molecule has 198 valence electrons. The summed E-state index contributed by atoms with van der Waals surface area (Å²) in [5.41, 5.74) is 20.6. The zero-order chi connectivity index (χ0) is 26.0. The topological polar surface area (TPSA) is 249 Å². The van der Waals surface area contributed by atoms with Crippen LogP contribution in [0.5, 0.6) is 0 Å². The number of hydrogen-bond donors (Lipinski definition) is 6. The normalized spacial score (nSPS) is 20.8. The maximum absolute atomic E-state index is 9.95. The van der Waals surface area contributed by atoms with Crippen molar-refractivity contribution in [2.24, 2.45) is 0 Å². The monoisotopic (exact) mass is 533 g/mol. The van der Waals surface area contributed by atoms with Gasteiger partial charge in [-0.25, -0.2) is 19.9 Å². The van der Waals surface area contributed by atoms with E-state index in [1.165, 1.54) is 17.2 Å². The lowest BCUT2D eigenvalue weighted by Gasteiger charge is -2.16. The van der Waals surface area contributed by atoms with Crippen molar-refractivity contribution in [2.75, 3.05) is 23.8 Å². The average molecular weight is 534 g/mol. The fourth-order valence-electron chi connectivity index (χ4n) is 3.90. The molecule has 11 N–H and O–H groups in total. The van der Waals surface area contributed by atoms with Crippen molar-refractivity contribution >= 4 is 40.3 Å². The molecule has 0 radical (unpaired) electrons. The Labute approximate surface area is 216 Å². The molecule has 4 aromatic rings. The SMILES string of the molecule is CCc1nc(N)nc(N)c1-c1ccc(Cl)cc1.Nc1ncnc2c1ncn2[C@@H]1O[C@H](CO)[C@@H](O)[C@@H]1O.O. The number of aromatic nitrogens is 6. The van der Waals surface area contributed by atoms with Crippen LogP contribution >= 0.6 is 11.6 Å². The van der Waals surface area contributed by atoms with E-state index in [0.717, 1.165) is 23.2 Å². The van der Waals surface area contributed by atoms with Gasteiger partial charge < -0.3 is 42.7 Å². The molecule has 1 aliphatic rings. The molecule has 1 aliphatic heterocycles. The van der Waals surface area contributed by atoms with Gasteiger partial charge >= 0.3 is 0 Å². The van der Waals surface area contributed by atoms with E-state index < -0.39 is 31.1 Å². The molecule has 3 aromatic heterocycles. The number of fused-ring (bicyclic) bond motifs is 1. The molecule has 0 saturated carbocycles. The number of nitrogens with two attached hydrogens (primary N) is 3. The minimum atomic E-state index is -1.19. The summed E-state index contributed by atoms with van der Waals surface area (Å²) < 4.78 is 6.85. The summed E-state index contributed by atoms with van der Waals surface area (Å²) in [4.78, 5) is 20.1. The molecular formula is C22H28ClN9O5. The number of halogens is 1. The van der Waals surface area contributed by atoms with Gasteiger partial charge in [-0.15, -0.1) is 0 Å². The molecule has 0 aliphatic carbocycles. The fraction of sp³-hybridized carbons (Fsp3) is 0.318. The van der Waals surface area contributed by atoms with E-state index in [-0.39, 0.29) is 17.2 Å². The Kier molecular flexibility index (Phi) is 8.75. The molecule has 5 rings (SSSR count). The quantitative estimate of drug-likeness (QED) is 0.198. The van der Waals surface area contributed by atoms with Crippen molar-refractivity contribution in [2.45, 2.75) is 37.9 Å². The van der Waals surface area contributed by atoms with Crippen molar-refractivity contribution < 1.29 is 25.5 Å². The zero-order valence-electron chi connectivity index (χ0n) is 19.7. The van der Waals surface area contributed by atoms with Gasteiger partial charge in [0.2, 0.25) is 5.95 Å². The highest BCUT2D eigenvalue weighted by atomic mass is 35.5. The predicted octanol–water partition coefficient (Wildman–Crippen LogP) is -0.281. The second kappa shape index (κ2) is 11.6. The van der Waals surface area contributed by atoms with Gasteiger partial charge in [0, 0.05) is 10.6 Å². The summed E-state index contributed by atoms with van der Waals surface area (Å²) in [6.07, 6.45) is -0.678. The molecule has 0 amide bonds. The van der Waals surface area contributed by atoms with E-state index in [1.807, 2.05) is 31.2 Å². The van der Waals surface area contributed by atoms with E-state index in [2.05, 4.69) is 24.9 Å². The first-order chi connectivity index (χ1) is 17.2. The van der Waals surface area contributed by atoms with Gasteiger partial charge in [-0.05, 0) is 24.1 Å². The van der Waals surface area contributed by atoms with Gasteiger partial charge in [-0.3, -0.25) is 4.57 Å². The maximum atomic E-state index is 9.95. The standard InChI is InChI=1S/C12H13ClN4.C10H13N5O4.H2O/c1-2-9-10(11(14)17-12(15)16-9)7-3-5-8(13)6-4-7;11-8-5-9(13-2-12-8)15(3-14-5)10-7(18)6(17)4(1-16)19-10;/h3-6H,2H2,1H3,(H4,14,15,16,17);2-4,6-7,10,16-18H,1H2,(H2,11,12,13);1H2/t;4-,6-,7+,10-;/m.1./s1. The third-order valence-corrected chi connectivity index (χ3v) is 5.93. The average Bonchev–Trinajstić information content (AvgIpc) is 3.41. The van der Waals surface area contributed by atoms with E-state index in [4.69, 9.17) is 38.6 Å². The highest BCUT2D eigenvalue weighted by Crippen LogP contribution is 2.32. The Hall–Kier alpha value is -3.66. The number of imidazole rings is 1. The maximum Gasteiger partial charge on any atom is 0.222 e. The first kappa shape index (κ1) is 27.9. The third-order valence-electron chi connectivity index (χ3n) is 5.68. The van der Waals surface area contributed by atoms with Crippen molar-refractivity contribution in [1.82, 2.24) is 29.5 Å².